The highest BCUT2D eigenvalue weighted by molar-refractivity contribution is 7.99. The van der Waals surface area contributed by atoms with E-state index in [1.54, 1.807) is 12.3 Å². The summed E-state index contributed by atoms with van der Waals surface area (Å²) in [6.07, 6.45) is 2.76. The lowest BCUT2D eigenvalue weighted by Crippen LogP contribution is -2.43. The highest BCUT2D eigenvalue weighted by Crippen LogP contribution is 2.32. The van der Waals surface area contributed by atoms with Gasteiger partial charge < -0.3 is 9.32 Å². The molecular formula is C21H23ClN4O2S. The lowest BCUT2D eigenvalue weighted by atomic mass is 9.92. The van der Waals surface area contributed by atoms with Gasteiger partial charge in [-0.3, -0.25) is 9.36 Å². The summed E-state index contributed by atoms with van der Waals surface area (Å²) in [6, 6.07) is 11.1. The average molecular weight is 431 g/mol. The van der Waals surface area contributed by atoms with Gasteiger partial charge in [-0.25, -0.2) is 0 Å². The largest absolute Gasteiger partial charge is 0.461 e. The molecule has 4 rings (SSSR count). The number of likely N-dealkylation sites (tertiary alicyclic amines) is 1. The molecule has 0 radical (unpaired) electrons. The Bertz CT molecular complexity index is 978. The number of para-hydroxylation sites is 1. The molecule has 1 saturated heterocycles. The number of carbonyl (C=O) groups is 1. The molecule has 1 amide bonds. The lowest BCUT2D eigenvalue weighted by Gasteiger charge is -2.34. The third-order valence-corrected chi connectivity index (χ3v) is 6.25. The van der Waals surface area contributed by atoms with Crippen molar-refractivity contribution in [2.45, 2.75) is 25.4 Å². The molecule has 2 atom stereocenters. The summed E-state index contributed by atoms with van der Waals surface area (Å²) in [4.78, 5) is 14.8. The zero-order chi connectivity index (χ0) is 20.4. The molecule has 1 fully saturated rings. The highest BCUT2D eigenvalue weighted by atomic mass is 35.5. The number of thioether (sulfide) groups is 1. The van der Waals surface area contributed by atoms with Crippen molar-refractivity contribution in [3.8, 4) is 17.3 Å². The van der Waals surface area contributed by atoms with Crippen molar-refractivity contribution in [2.75, 3.05) is 18.8 Å². The first-order valence-electron chi connectivity index (χ1n) is 9.67. The van der Waals surface area contributed by atoms with Crippen LogP contribution in [0.15, 0.2) is 52.2 Å². The first-order chi connectivity index (χ1) is 14.0. The SMILES string of the molecule is CC1CC(C)CN(C(=O)CSc2nnc(-c3ccco3)n2-c2ccccc2Cl)C1. The number of benzene rings is 1. The van der Waals surface area contributed by atoms with E-state index in [2.05, 4.69) is 24.0 Å². The van der Waals surface area contributed by atoms with E-state index in [1.807, 2.05) is 39.8 Å². The van der Waals surface area contributed by atoms with Crippen LogP contribution >= 0.6 is 23.4 Å². The molecule has 1 aromatic carbocycles. The van der Waals surface area contributed by atoms with Gasteiger partial charge in [-0.2, -0.15) is 0 Å². The zero-order valence-corrected chi connectivity index (χ0v) is 18.0. The van der Waals surface area contributed by atoms with Crippen LogP contribution in [-0.2, 0) is 4.79 Å². The molecule has 152 valence electrons. The monoisotopic (exact) mass is 430 g/mol. The van der Waals surface area contributed by atoms with Crippen molar-refractivity contribution < 1.29 is 9.21 Å². The third-order valence-electron chi connectivity index (χ3n) is 5.01. The molecule has 6 nitrogen and oxygen atoms in total. The number of aromatic nitrogens is 3. The maximum absolute atomic E-state index is 12.8. The second kappa shape index (κ2) is 8.63. The van der Waals surface area contributed by atoms with Crippen LogP contribution in [0.4, 0.5) is 0 Å². The van der Waals surface area contributed by atoms with Gasteiger partial charge in [0, 0.05) is 13.1 Å². The van der Waals surface area contributed by atoms with Crippen LogP contribution in [0.3, 0.4) is 0 Å². The van der Waals surface area contributed by atoms with Crippen LogP contribution < -0.4 is 0 Å². The summed E-state index contributed by atoms with van der Waals surface area (Å²) in [6.45, 7) is 6.04. The van der Waals surface area contributed by atoms with E-state index in [4.69, 9.17) is 16.0 Å². The standard InChI is InChI=1S/C21H23ClN4O2S/c1-14-10-15(2)12-25(11-14)19(27)13-29-21-24-23-20(18-8-5-9-28-18)26(21)17-7-4-3-6-16(17)22/h3-9,14-15H,10-13H2,1-2H3. The fourth-order valence-corrected chi connectivity index (χ4v) is 4.93. The summed E-state index contributed by atoms with van der Waals surface area (Å²) in [5.41, 5.74) is 0.751. The number of hydrogen-bond acceptors (Lipinski definition) is 5. The maximum Gasteiger partial charge on any atom is 0.233 e. The van der Waals surface area contributed by atoms with Crippen molar-refractivity contribution in [2.24, 2.45) is 11.8 Å². The first kappa shape index (κ1) is 20.0. The van der Waals surface area contributed by atoms with Gasteiger partial charge in [0.15, 0.2) is 10.9 Å². The molecule has 3 heterocycles. The molecule has 1 aliphatic heterocycles. The summed E-state index contributed by atoms with van der Waals surface area (Å²) in [5.74, 6) is 2.64. The van der Waals surface area contributed by atoms with E-state index in [0.29, 0.717) is 39.4 Å². The van der Waals surface area contributed by atoms with E-state index in [0.717, 1.165) is 18.8 Å². The van der Waals surface area contributed by atoms with Crippen molar-refractivity contribution in [1.82, 2.24) is 19.7 Å². The van der Waals surface area contributed by atoms with E-state index >= 15 is 0 Å². The minimum atomic E-state index is 0.127. The molecular weight excluding hydrogens is 408 g/mol. The molecule has 2 aromatic heterocycles. The van der Waals surface area contributed by atoms with Gasteiger partial charge in [0.05, 0.1) is 22.7 Å². The van der Waals surface area contributed by atoms with Gasteiger partial charge in [0.1, 0.15) is 0 Å². The van der Waals surface area contributed by atoms with E-state index in [1.165, 1.54) is 18.2 Å². The summed E-state index contributed by atoms with van der Waals surface area (Å²) < 4.78 is 7.38. The van der Waals surface area contributed by atoms with Crippen LogP contribution in [0.5, 0.6) is 0 Å². The molecule has 1 aliphatic rings. The van der Waals surface area contributed by atoms with Crippen LogP contribution in [0, 0.1) is 11.8 Å². The fourth-order valence-electron chi connectivity index (χ4n) is 3.86. The Kier molecular flexibility index (Phi) is 5.96. The van der Waals surface area contributed by atoms with Gasteiger partial charge in [-0.1, -0.05) is 49.3 Å². The second-order valence-electron chi connectivity index (χ2n) is 7.60. The number of hydrogen-bond donors (Lipinski definition) is 0. The quantitative estimate of drug-likeness (QED) is 0.545. The van der Waals surface area contributed by atoms with Gasteiger partial charge in [0.25, 0.3) is 0 Å². The normalized spacial score (nSPS) is 19.5. The number of nitrogens with zero attached hydrogens (tertiary/aromatic N) is 4. The van der Waals surface area contributed by atoms with Crippen LogP contribution in [0.25, 0.3) is 17.3 Å². The maximum atomic E-state index is 12.8. The van der Waals surface area contributed by atoms with Crippen molar-refractivity contribution in [3.63, 3.8) is 0 Å². The molecule has 0 saturated carbocycles. The summed E-state index contributed by atoms with van der Waals surface area (Å²) in [7, 11) is 0. The number of rotatable bonds is 5. The Morgan fingerprint density at radius 2 is 1.93 bits per heavy atom. The molecule has 0 bridgehead atoms. The van der Waals surface area contributed by atoms with Gasteiger partial charge >= 0.3 is 0 Å². The third kappa shape index (κ3) is 4.36. The Balaban J connectivity index is 1.59. The Hall–Kier alpha value is -2.25. The summed E-state index contributed by atoms with van der Waals surface area (Å²) in [5, 5.41) is 9.81. The Morgan fingerprint density at radius 3 is 2.62 bits per heavy atom. The molecule has 2 unspecified atom stereocenters. The number of carbonyl (C=O) groups excluding carboxylic acids is 1. The van der Waals surface area contributed by atoms with Crippen molar-refractivity contribution in [3.05, 3.63) is 47.7 Å². The molecule has 0 spiro atoms. The second-order valence-corrected chi connectivity index (χ2v) is 8.95. The van der Waals surface area contributed by atoms with Crippen LogP contribution in [0.2, 0.25) is 5.02 Å². The smallest absolute Gasteiger partial charge is 0.233 e. The highest BCUT2D eigenvalue weighted by Gasteiger charge is 2.26. The minimum absolute atomic E-state index is 0.127. The van der Waals surface area contributed by atoms with Gasteiger partial charge in [-0.15, -0.1) is 10.2 Å². The van der Waals surface area contributed by atoms with Gasteiger partial charge in [-0.05, 0) is 42.5 Å². The molecule has 8 heteroatoms. The van der Waals surface area contributed by atoms with Crippen molar-refractivity contribution in [1.29, 1.82) is 0 Å². The van der Waals surface area contributed by atoms with E-state index in [-0.39, 0.29) is 5.91 Å². The fraction of sp³-hybridized carbons (Fsp3) is 0.381. The predicted octanol–water partition coefficient (Wildman–Crippen LogP) is 4.78. The number of furan rings is 1. The average Bonchev–Trinajstić information content (AvgIpc) is 3.35. The molecule has 0 N–H and O–H groups in total. The lowest BCUT2D eigenvalue weighted by molar-refractivity contribution is -0.130. The number of piperidine rings is 1. The van der Waals surface area contributed by atoms with Gasteiger partial charge in [0.2, 0.25) is 11.7 Å². The number of amides is 1. The van der Waals surface area contributed by atoms with E-state index < -0.39 is 0 Å². The van der Waals surface area contributed by atoms with Crippen molar-refractivity contribution >= 4 is 29.3 Å². The molecule has 0 aliphatic carbocycles. The minimum Gasteiger partial charge on any atom is -0.461 e. The first-order valence-corrected chi connectivity index (χ1v) is 11.0. The van der Waals surface area contributed by atoms with E-state index in [9.17, 15) is 4.79 Å². The number of halogens is 1. The van der Waals surface area contributed by atoms with Crippen LogP contribution in [0.1, 0.15) is 20.3 Å². The Labute approximate surface area is 179 Å². The topological polar surface area (TPSA) is 64.2 Å². The Morgan fingerprint density at radius 1 is 1.17 bits per heavy atom. The summed E-state index contributed by atoms with van der Waals surface area (Å²) >= 11 is 7.82. The zero-order valence-electron chi connectivity index (χ0n) is 16.4. The molecule has 29 heavy (non-hydrogen) atoms. The molecule has 3 aromatic rings. The predicted molar refractivity (Wildman–Crippen MR) is 114 cm³/mol. The van der Waals surface area contributed by atoms with Crippen LogP contribution in [-0.4, -0.2) is 44.4 Å².